The minimum Gasteiger partial charge on any atom is -0.336 e. The number of halogens is 1. The van der Waals surface area contributed by atoms with Gasteiger partial charge in [0.05, 0.1) is 0 Å². The van der Waals surface area contributed by atoms with Crippen molar-refractivity contribution in [1.82, 2.24) is 20.4 Å². The van der Waals surface area contributed by atoms with Gasteiger partial charge < -0.3 is 15.5 Å². The number of carbonyl (C=O) groups is 2. The average molecular weight is 422 g/mol. The first-order chi connectivity index (χ1) is 13.5. The molecule has 28 heavy (non-hydrogen) atoms. The molecule has 7 nitrogen and oxygen atoms in total. The lowest BCUT2D eigenvalue weighted by Gasteiger charge is -2.32. The molecular weight excluding hydrogens is 398 g/mol. The van der Waals surface area contributed by atoms with Crippen LogP contribution in [0.4, 0.5) is 10.5 Å². The van der Waals surface area contributed by atoms with E-state index in [0.717, 1.165) is 30.8 Å². The third-order valence-electron chi connectivity index (χ3n) is 4.78. The Kier molecular flexibility index (Phi) is 6.85. The predicted molar refractivity (Wildman–Crippen MR) is 111 cm³/mol. The van der Waals surface area contributed by atoms with Gasteiger partial charge in [-0.1, -0.05) is 29.9 Å². The molecule has 150 valence electrons. The fourth-order valence-corrected chi connectivity index (χ4v) is 3.97. The first kappa shape index (κ1) is 20.5. The molecule has 1 aromatic carbocycles. The second-order valence-electron chi connectivity index (χ2n) is 6.95. The molecule has 0 bridgehead atoms. The minimum absolute atomic E-state index is 0.0377. The van der Waals surface area contributed by atoms with Gasteiger partial charge in [-0.3, -0.25) is 4.79 Å². The molecule has 0 saturated carbocycles. The zero-order valence-electron chi connectivity index (χ0n) is 15.9. The molecule has 9 heteroatoms. The third-order valence-corrected chi connectivity index (χ3v) is 6.11. The van der Waals surface area contributed by atoms with Crippen molar-refractivity contribution in [2.45, 2.75) is 45.1 Å². The van der Waals surface area contributed by atoms with E-state index in [4.69, 9.17) is 11.6 Å². The number of likely N-dealkylation sites (tertiary alicyclic amines) is 1. The number of aromatic nitrogens is 2. The molecular formula is C19H24ClN5O2S. The second-order valence-corrected chi connectivity index (χ2v) is 8.40. The summed E-state index contributed by atoms with van der Waals surface area (Å²) in [5, 5.41) is 15.8. The Morgan fingerprint density at radius 3 is 2.79 bits per heavy atom. The lowest BCUT2D eigenvalue weighted by Crippen LogP contribution is -2.47. The Morgan fingerprint density at radius 2 is 2.07 bits per heavy atom. The van der Waals surface area contributed by atoms with Crippen LogP contribution < -0.4 is 10.6 Å². The highest BCUT2D eigenvalue weighted by atomic mass is 35.5. The zero-order valence-corrected chi connectivity index (χ0v) is 17.5. The van der Waals surface area contributed by atoms with Gasteiger partial charge in [-0.05, 0) is 50.5 Å². The van der Waals surface area contributed by atoms with Crippen LogP contribution >= 0.6 is 22.9 Å². The van der Waals surface area contributed by atoms with E-state index in [1.165, 1.54) is 11.3 Å². The van der Waals surface area contributed by atoms with Crippen molar-refractivity contribution in [3.63, 3.8) is 0 Å². The number of amides is 3. The Labute approximate surface area is 173 Å². The van der Waals surface area contributed by atoms with Crippen LogP contribution in [0.1, 0.15) is 53.8 Å². The molecule has 3 rings (SSSR count). The Balaban J connectivity index is 1.61. The lowest BCUT2D eigenvalue weighted by molar-refractivity contribution is 0.102. The monoisotopic (exact) mass is 421 g/mol. The van der Waals surface area contributed by atoms with E-state index in [1.807, 2.05) is 18.7 Å². The van der Waals surface area contributed by atoms with Gasteiger partial charge in [-0.25, -0.2) is 4.79 Å². The van der Waals surface area contributed by atoms with Crippen LogP contribution in [-0.4, -0.2) is 46.2 Å². The van der Waals surface area contributed by atoms with E-state index in [-0.39, 0.29) is 23.9 Å². The lowest BCUT2D eigenvalue weighted by atomic mass is 9.99. The summed E-state index contributed by atoms with van der Waals surface area (Å²) < 4.78 is 0. The molecule has 2 atom stereocenters. The third kappa shape index (κ3) is 5.20. The van der Waals surface area contributed by atoms with Gasteiger partial charge in [0.15, 0.2) is 0 Å². The maximum atomic E-state index is 12.4. The summed E-state index contributed by atoms with van der Waals surface area (Å²) in [7, 11) is 0. The highest BCUT2D eigenvalue weighted by Crippen LogP contribution is 2.29. The van der Waals surface area contributed by atoms with Gasteiger partial charge >= 0.3 is 6.03 Å². The smallest absolute Gasteiger partial charge is 0.317 e. The van der Waals surface area contributed by atoms with Gasteiger partial charge in [0, 0.05) is 35.8 Å². The highest BCUT2D eigenvalue weighted by Gasteiger charge is 2.28. The quantitative estimate of drug-likeness (QED) is 0.759. The van der Waals surface area contributed by atoms with Crippen molar-refractivity contribution in [2.24, 2.45) is 0 Å². The molecule has 2 N–H and O–H groups in total. The number of piperidine rings is 1. The number of hydrogen-bond acceptors (Lipinski definition) is 5. The molecule has 2 aromatic rings. The fourth-order valence-electron chi connectivity index (χ4n) is 2.98. The van der Waals surface area contributed by atoms with Crippen LogP contribution in [0.3, 0.4) is 0 Å². The second kappa shape index (κ2) is 9.34. The van der Waals surface area contributed by atoms with Gasteiger partial charge in [-0.2, -0.15) is 0 Å². The topological polar surface area (TPSA) is 87.2 Å². The molecule has 3 amide bonds. The van der Waals surface area contributed by atoms with Crippen LogP contribution in [0, 0.1) is 0 Å². The number of benzene rings is 1. The maximum Gasteiger partial charge on any atom is 0.317 e. The molecule has 1 aromatic heterocycles. The largest absolute Gasteiger partial charge is 0.336 e. The van der Waals surface area contributed by atoms with E-state index in [1.54, 1.807) is 24.3 Å². The van der Waals surface area contributed by atoms with Crippen LogP contribution in [0.2, 0.25) is 5.02 Å². The van der Waals surface area contributed by atoms with Gasteiger partial charge in [0.1, 0.15) is 5.01 Å². The molecule has 0 aliphatic carbocycles. The summed E-state index contributed by atoms with van der Waals surface area (Å²) in [4.78, 5) is 26.6. The minimum atomic E-state index is -0.298. The number of urea groups is 1. The van der Waals surface area contributed by atoms with Gasteiger partial charge in [-0.15, -0.1) is 10.2 Å². The van der Waals surface area contributed by atoms with Crippen LogP contribution in [-0.2, 0) is 0 Å². The summed E-state index contributed by atoms with van der Waals surface area (Å²) in [5.41, 5.74) is 0.650. The van der Waals surface area contributed by atoms with Crippen LogP contribution in [0.15, 0.2) is 24.3 Å². The number of rotatable bonds is 5. The zero-order chi connectivity index (χ0) is 20.1. The van der Waals surface area contributed by atoms with Crippen molar-refractivity contribution in [3.05, 3.63) is 39.3 Å². The summed E-state index contributed by atoms with van der Waals surface area (Å²) in [6.45, 7) is 5.37. The molecule has 1 aliphatic rings. The average Bonchev–Trinajstić information content (AvgIpc) is 3.20. The Hall–Kier alpha value is -2.19. The Bertz CT molecular complexity index is 826. The van der Waals surface area contributed by atoms with Crippen molar-refractivity contribution in [1.29, 1.82) is 0 Å². The van der Waals surface area contributed by atoms with Crippen LogP contribution in [0.25, 0.3) is 0 Å². The summed E-state index contributed by atoms with van der Waals surface area (Å²) in [6.07, 6.45) is 2.73. The Morgan fingerprint density at radius 1 is 1.32 bits per heavy atom. The maximum absolute atomic E-state index is 12.4. The molecule has 2 heterocycles. The highest BCUT2D eigenvalue weighted by molar-refractivity contribution is 7.13. The SMILES string of the molecule is CC[C@H](C)NC(=O)N1CCC[C@@H](c2nnc(C(=O)Nc3ccc(Cl)cc3)s2)C1. The van der Waals surface area contributed by atoms with E-state index in [0.29, 0.717) is 22.3 Å². The van der Waals surface area contributed by atoms with Gasteiger partial charge in [0.25, 0.3) is 5.91 Å². The number of nitrogens with one attached hydrogen (secondary N) is 2. The predicted octanol–water partition coefficient (Wildman–Crippen LogP) is 4.13. The summed E-state index contributed by atoms with van der Waals surface area (Å²) in [5.74, 6) is -0.195. The van der Waals surface area contributed by atoms with Crippen molar-refractivity contribution in [2.75, 3.05) is 18.4 Å². The standard InChI is InChI=1S/C19H24ClN5O2S/c1-3-12(2)21-19(27)25-10-4-5-13(11-25)17-23-24-18(28-17)16(26)22-15-8-6-14(20)7-9-15/h6-9,12-13H,3-5,10-11H2,1-2H3,(H,21,27)(H,22,26)/t12-,13+/m0/s1. The molecule has 1 saturated heterocycles. The fraction of sp³-hybridized carbons (Fsp3) is 0.474. The molecule has 1 aliphatic heterocycles. The number of anilines is 1. The first-order valence-corrected chi connectivity index (χ1v) is 10.6. The van der Waals surface area contributed by atoms with E-state index in [9.17, 15) is 9.59 Å². The molecule has 0 spiro atoms. The summed E-state index contributed by atoms with van der Waals surface area (Å²) in [6, 6.07) is 7.00. The first-order valence-electron chi connectivity index (χ1n) is 9.42. The van der Waals surface area contributed by atoms with Crippen LogP contribution in [0.5, 0.6) is 0 Å². The van der Waals surface area contributed by atoms with E-state index in [2.05, 4.69) is 20.8 Å². The van der Waals surface area contributed by atoms with E-state index < -0.39 is 0 Å². The van der Waals surface area contributed by atoms with Crippen molar-refractivity contribution in [3.8, 4) is 0 Å². The number of hydrogen-bond donors (Lipinski definition) is 2. The molecule has 1 fully saturated rings. The van der Waals surface area contributed by atoms with Crippen molar-refractivity contribution >= 4 is 40.6 Å². The molecule has 0 radical (unpaired) electrons. The number of nitrogens with zero attached hydrogens (tertiary/aromatic N) is 3. The van der Waals surface area contributed by atoms with Gasteiger partial charge in [0.2, 0.25) is 5.01 Å². The van der Waals surface area contributed by atoms with Crippen molar-refractivity contribution < 1.29 is 9.59 Å². The van der Waals surface area contributed by atoms with E-state index >= 15 is 0 Å². The summed E-state index contributed by atoms with van der Waals surface area (Å²) >= 11 is 7.14. The number of carbonyl (C=O) groups excluding carboxylic acids is 2. The normalized spacial score (nSPS) is 17.8. The molecule has 0 unspecified atom stereocenters.